The van der Waals surface area contributed by atoms with Crippen LogP contribution in [-0.4, -0.2) is 11.7 Å². The third-order valence-electron chi connectivity index (χ3n) is 5.59. The monoisotopic (exact) mass is 376 g/mol. The van der Waals surface area contributed by atoms with Crippen LogP contribution in [0.4, 0.5) is 0 Å². The Labute approximate surface area is 170 Å². The van der Waals surface area contributed by atoms with Crippen LogP contribution in [0.25, 0.3) is 22.2 Å². The second kappa shape index (κ2) is 8.97. The van der Waals surface area contributed by atoms with E-state index in [1.165, 1.54) is 37.7 Å². The summed E-state index contributed by atoms with van der Waals surface area (Å²) >= 11 is 0. The first-order valence-corrected chi connectivity index (χ1v) is 10.3. The number of rotatable bonds is 4. The molecule has 0 atom stereocenters. The molecule has 1 aliphatic rings. The molecule has 0 aliphatic heterocycles. The average Bonchev–Trinajstić information content (AvgIpc) is 3.00. The highest BCUT2D eigenvalue weighted by Gasteiger charge is 2.27. The summed E-state index contributed by atoms with van der Waals surface area (Å²) in [7, 11) is 1.66. The van der Waals surface area contributed by atoms with Crippen LogP contribution < -0.4 is 4.74 Å². The van der Waals surface area contributed by atoms with Crippen LogP contribution in [-0.2, 0) is 0 Å². The second-order valence-electron chi connectivity index (χ2n) is 7.54. The fraction of sp³-hybridized carbons (Fsp3) is 0.400. The molecule has 3 nitrogen and oxygen atoms in total. The summed E-state index contributed by atoms with van der Waals surface area (Å²) in [6, 6.07) is 17.5. The highest BCUT2D eigenvalue weighted by molar-refractivity contribution is 5.95. The predicted octanol–water partition coefficient (Wildman–Crippen LogP) is 7.27. The van der Waals surface area contributed by atoms with Crippen molar-refractivity contribution in [2.45, 2.75) is 58.9 Å². The summed E-state index contributed by atoms with van der Waals surface area (Å²) in [5.74, 6) is 0.792. The van der Waals surface area contributed by atoms with Crippen LogP contribution in [0.3, 0.4) is 0 Å². The summed E-state index contributed by atoms with van der Waals surface area (Å²) in [5.41, 5.74) is 5.27. The van der Waals surface area contributed by atoms with Gasteiger partial charge >= 0.3 is 0 Å². The zero-order chi connectivity index (χ0) is 20.1. The van der Waals surface area contributed by atoms with Crippen molar-refractivity contribution in [2.24, 2.45) is 0 Å². The lowest BCUT2D eigenvalue weighted by atomic mass is 9.92. The van der Waals surface area contributed by atoms with Gasteiger partial charge in [-0.2, -0.15) is 5.26 Å². The molecule has 1 saturated carbocycles. The molecule has 1 aromatic heterocycles. The van der Waals surface area contributed by atoms with Gasteiger partial charge in [0.25, 0.3) is 0 Å². The van der Waals surface area contributed by atoms with E-state index in [0.29, 0.717) is 6.04 Å². The minimum absolute atomic E-state index is 0. The molecule has 2 aromatic carbocycles. The minimum Gasteiger partial charge on any atom is -0.497 e. The first-order chi connectivity index (χ1) is 13.6. The lowest BCUT2D eigenvalue weighted by Gasteiger charge is -2.30. The quantitative estimate of drug-likeness (QED) is 0.480. The molecular weight excluding hydrogens is 344 g/mol. The lowest BCUT2D eigenvalue weighted by Crippen LogP contribution is -2.17. The number of hydrogen-bond donors (Lipinski definition) is 0. The molecule has 148 valence electrons. The van der Waals surface area contributed by atoms with Crippen molar-refractivity contribution < 1.29 is 6.16 Å². The van der Waals surface area contributed by atoms with Crippen molar-refractivity contribution in [3.63, 3.8) is 0 Å². The Morgan fingerprint density at radius 1 is 1.11 bits per heavy atom. The smallest absolute Gasteiger partial charge is 0.119 e. The SMILES string of the molecule is CCCC.COc1ccc2c(c1)c(C#N)c(-c1ccc(C)cc1)n2C1CCC1.[HH]. The summed E-state index contributed by atoms with van der Waals surface area (Å²) in [6.45, 7) is 6.45. The highest BCUT2D eigenvalue weighted by Crippen LogP contribution is 2.43. The topological polar surface area (TPSA) is 37.9 Å². The first kappa shape index (κ1) is 20.0. The fourth-order valence-corrected chi connectivity index (χ4v) is 3.55. The molecule has 4 rings (SSSR count). The van der Waals surface area contributed by atoms with E-state index < -0.39 is 0 Å². The Bertz CT molecular complexity index is 977. The van der Waals surface area contributed by atoms with Crippen molar-refractivity contribution in [1.82, 2.24) is 4.57 Å². The number of aryl methyl sites for hydroxylation is 1. The van der Waals surface area contributed by atoms with Crippen molar-refractivity contribution in [3.8, 4) is 23.1 Å². The first-order valence-electron chi connectivity index (χ1n) is 10.3. The molecule has 0 unspecified atom stereocenters. The number of hydrogen-bond acceptors (Lipinski definition) is 2. The normalized spacial score (nSPS) is 13.4. The van der Waals surface area contributed by atoms with E-state index in [9.17, 15) is 5.26 Å². The Hall–Kier alpha value is -2.73. The van der Waals surface area contributed by atoms with Crippen LogP contribution in [0.1, 0.15) is 64.5 Å². The van der Waals surface area contributed by atoms with Crippen LogP contribution in [0.5, 0.6) is 5.75 Å². The number of nitrogens with zero attached hydrogens (tertiary/aromatic N) is 2. The zero-order valence-electron chi connectivity index (χ0n) is 17.5. The Morgan fingerprint density at radius 2 is 1.79 bits per heavy atom. The van der Waals surface area contributed by atoms with Crippen molar-refractivity contribution in [3.05, 3.63) is 53.6 Å². The molecule has 0 amide bonds. The molecule has 0 saturated heterocycles. The van der Waals surface area contributed by atoms with Gasteiger partial charge in [0, 0.05) is 12.9 Å². The number of nitriles is 1. The second-order valence-corrected chi connectivity index (χ2v) is 7.54. The standard InChI is InChI=1S/C21H20N2O.C4H10.H2/c1-14-6-8-15(9-7-14)21-19(13-22)18-12-17(24-2)10-11-20(18)23(21)16-4-3-5-16;1-3-4-2;/h6-12,16H,3-5H2,1-2H3;3-4H2,1-2H3;1H. The van der Waals surface area contributed by atoms with E-state index in [-0.39, 0.29) is 1.43 Å². The summed E-state index contributed by atoms with van der Waals surface area (Å²) in [4.78, 5) is 0. The van der Waals surface area contributed by atoms with E-state index in [4.69, 9.17) is 4.74 Å². The van der Waals surface area contributed by atoms with Gasteiger partial charge in [0.05, 0.1) is 23.9 Å². The van der Waals surface area contributed by atoms with Gasteiger partial charge in [-0.1, -0.05) is 56.5 Å². The van der Waals surface area contributed by atoms with Gasteiger partial charge in [0.15, 0.2) is 0 Å². The maximum absolute atomic E-state index is 9.88. The van der Waals surface area contributed by atoms with Crippen molar-refractivity contribution >= 4 is 10.9 Å². The van der Waals surface area contributed by atoms with Gasteiger partial charge in [-0.05, 0) is 49.9 Å². The maximum atomic E-state index is 9.88. The van der Waals surface area contributed by atoms with Gasteiger partial charge in [-0.15, -0.1) is 0 Å². The molecule has 0 radical (unpaired) electrons. The maximum Gasteiger partial charge on any atom is 0.119 e. The predicted molar refractivity (Wildman–Crippen MR) is 119 cm³/mol. The largest absolute Gasteiger partial charge is 0.497 e. The van der Waals surface area contributed by atoms with Crippen molar-refractivity contribution in [1.29, 1.82) is 5.26 Å². The van der Waals surface area contributed by atoms with Gasteiger partial charge in [-0.3, -0.25) is 0 Å². The van der Waals surface area contributed by atoms with E-state index in [1.54, 1.807) is 7.11 Å². The average molecular weight is 377 g/mol. The lowest BCUT2D eigenvalue weighted by molar-refractivity contribution is 0.324. The van der Waals surface area contributed by atoms with Gasteiger partial charge < -0.3 is 9.30 Å². The van der Waals surface area contributed by atoms with E-state index in [1.807, 2.05) is 12.1 Å². The van der Waals surface area contributed by atoms with Crippen LogP contribution in [0.2, 0.25) is 0 Å². The zero-order valence-corrected chi connectivity index (χ0v) is 17.5. The molecule has 0 bridgehead atoms. The molecule has 3 aromatic rings. The van der Waals surface area contributed by atoms with Gasteiger partial charge in [0.1, 0.15) is 11.8 Å². The number of ether oxygens (including phenoxy) is 1. The summed E-state index contributed by atoms with van der Waals surface area (Å²) in [5, 5.41) is 10.9. The molecule has 3 heteroatoms. The summed E-state index contributed by atoms with van der Waals surface area (Å²) in [6.07, 6.45) is 6.26. The third kappa shape index (κ3) is 3.78. The van der Waals surface area contributed by atoms with Crippen LogP contribution in [0, 0.1) is 18.3 Å². The van der Waals surface area contributed by atoms with Crippen LogP contribution in [0.15, 0.2) is 42.5 Å². The van der Waals surface area contributed by atoms with Gasteiger partial charge in [-0.25, -0.2) is 0 Å². The van der Waals surface area contributed by atoms with Gasteiger partial charge in [0.2, 0.25) is 0 Å². The third-order valence-corrected chi connectivity index (χ3v) is 5.59. The number of benzene rings is 2. The van der Waals surface area contributed by atoms with Crippen molar-refractivity contribution in [2.75, 3.05) is 7.11 Å². The van der Waals surface area contributed by atoms with Crippen LogP contribution >= 0.6 is 0 Å². The molecule has 28 heavy (non-hydrogen) atoms. The number of methoxy groups -OCH3 is 1. The Balaban J connectivity index is 0.000000552. The van der Waals surface area contributed by atoms with E-state index >= 15 is 0 Å². The number of aromatic nitrogens is 1. The molecule has 0 spiro atoms. The molecular formula is C25H32N2O. The van der Waals surface area contributed by atoms with E-state index in [2.05, 4.69) is 61.7 Å². The number of fused-ring (bicyclic) bond motifs is 1. The molecule has 0 N–H and O–H groups in total. The highest BCUT2D eigenvalue weighted by atomic mass is 16.5. The summed E-state index contributed by atoms with van der Waals surface area (Å²) < 4.78 is 7.75. The molecule has 1 aliphatic carbocycles. The van der Waals surface area contributed by atoms with E-state index in [0.717, 1.165) is 33.5 Å². The molecule has 1 fully saturated rings. The Morgan fingerprint density at radius 3 is 2.29 bits per heavy atom. The fourth-order valence-electron chi connectivity index (χ4n) is 3.55. The number of unbranched alkanes of at least 4 members (excludes halogenated alkanes) is 1. The minimum atomic E-state index is 0. The molecule has 1 heterocycles. The Kier molecular flexibility index (Phi) is 6.41.